The number of furan rings is 1. The standard InChI is InChI=1S/C17H26N2OS/c1-5-8-18-11-16-13(2)10-15(20-16)12-19(4)14(3)17-7-6-9-21-17/h6-7,9-10,14,18H,5,8,11-12H2,1-4H3. The molecule has 0 aliphatic carbocycles. The molecule has 0 radical (unpaired) electrons. The summed E-state index contributed by atoms with van der Waals surface area (Å²) in [6.45, 7) is 9.24. The van der Waals surface area contributed by atoms with Gasteiger partial charge in [-0.25, -0.2) is 0 Å². The molecule has 116 valence electrons. The second-order valence-electron chi connectivity index (χ2n) is 5.60. The molecule has 0 fully saturated rings. The molecule has 1 atom stereocenters. The van der Waals surface area contributed by atoms with Crippen molar-refractivity contribution in [2.75, 3.05) is 13.6 Å². The fraction of sp³-hybridized carbons (Fsp3) is 0.529. The van der Waals surface area contributed by atoms with Crippen LogP contribution in [0.25, 0.3) is 0 Å². The monoisotopic (exact) mass is 306 g/mol. The average Bonchev–Trinajstić information content (AvgIpc) is 3.09. The van der Waals surface area contributed by atoms with Gasteiger partial charge < -0.3 is 9.73 Å². The summed E-state index contributed by atoms with van der Waals surface area (Å²) in [6.07, 6.45) is 1.15. The van der Waals surface area contributed by atoms with Crippen LogP contribution in [-0.2, 0) is 13.1 Å². The highest BCUT2D eigenvalue weighted by Crippen LogP contribution is 2.25. The largest absolute Gasteiger partial charge is 0.463 e. The summed E-state index contributed by atoms with van der Waals surface area (Å²) in [5.41, 5.74) is 1.24. The van der Waals surface area contributed by atoms with Crippen molar-refractivity contribution in [3.63, 3.8) is 0 Å². The molecule has 2 aromatic heterocycles. The SMILES string of the molecule is CCCNCc1oc(CN(C)C(C)c2cccs2)cc1C. The van der Waals surface area contributed by atoms with Gasteiger partial charge in [0.1, 0.15) is 11.5 Å². The molecular weight excluding hydrogens is 280 g/mol. The van der Waals surface area contributed by atoms with Crippen LogP contribution in [0.4, 0.5) is 0 Å². The van der Waals surface area contributed by atoms with Gasteiger partial charge in [0, 0.05) is 10.9 Å². The number of nitrogens with zero attached hydrogens (tertiary/aromatic N) is 1. The zero-order valence-electron chi connectivity index (χ0n) is 13.5. The van der Waals surface area contributed by atoms with Gasteiger partial charge in [-0.1, -0.05) is 13.0 Å². The van der Waals surface area contributed by atoms with E-state index in [2.05, 4.69) is 61.6 Å². The molecule has 4 heteroatoms. The zero-order valence-corrected chi connectivity index (χ0v) is 14.3. The van der Waals surface area contributed by atoms with Crippen LogP contribution < -0.4 is 5.32 Å². The minimum absolute atomic E-state index is 0.414. The second kappa shape index (κ2) is 7.78. The van der Waals surface area contributed by atoms with Crippen LogP contribution in [0.3, 0.4) is 0 Å². The summed E-state index contributed by atoms with van der Waals surface area (Å²) in [5, 5.41) is 5.53. The molecule has 2 heterocycles. The lowest BCUT2D eigenvalue weighted by Gasteiger charge is -2.22. The number of thiophene rings is 1. The Morgan fingerprint density at radius 2 is 2.24 bits per heavy atom. The average molecular weight is 306 g/mol. The second-order valence-corrected chi connectivity index (χ2v) is 6.58. The lowest BCUT2D eigenvalue weighted by molar-refractivity contribution is 0.232. The molecule has 1 N–H and O–H groups in total. The van der Waals surface area contributed by atoms with Crippen LogP contribution in [0.1, 0.15) is 48.3 Å². The summed E-state index contributed by atoms with van der Waals surface area (Å²) in [7, 11) is 2.15. The van der Waals surface area contributed by atoms with Crippen molar-refractivity contribution < 1.29 is 4.42 Å². The summed E-state index contributed by atoms with van der Waals surface area (Å²) in [5.74, 6) is 2.11. The van der Waals surface area contributed by atoms with E-state index < -0.39 is 0 Å². The van der Waals surface area contributed by atoms with Crippen molar-refractivity contribution in [1.29, 1.82) is 0 Å². The molecule has 0 spiro atoms. The van der Waals surface area contributed by atoms with Crippen molar-refractivity contribution >= 4 is 11.3 Å². The molecule has 0 bridgehead atoms. The maximum absolute atomic E-state index is 6.00. The van der Waals surface area contributed by atoms with Crippen LogP contribution in [0.5, 0.6) is 0 Å². The van der Waals surface area contributed by atoms with E-state index in [9.17, 15) is 0 Å². The number of rotatable bonds is 8. The van der Waals surface area contributed by atoms with Gasteiger partial charge in [-0.3, -0.25) is 4.90 Å². The molecule has 0 amide bonds. The Labute approximate surface area is 132 Å². The minimum Gasteiger partial charge on any atom is -0.463 e. The van der Waals surface area contributed by atoms with E-state index in [0.29, 0.717) is 6.04 Å². The first kappa shape index (κ1) is 16.3. The van der Waals surface area contributed by atoms with Crippen molar-refractivity contribution in [1.82, 2.24) is 10.2 Å². The van der Waals surface area contributed by atoms with Crippen LogP contribution >= 0.6 is 11.3 Å². The molecule has 2 rings (SSSR count). The third kappa shape index (κ3) is 4.43. The topological polar surface area (TPSA) is 28.4 Å². The normalized spacial score (nSPS) is 13.0. The highest BCUT2D eigenvalue weighted by molar-refractivity contribution is 7.10. The van der Waals surface area contributed by atoms with Crippen LogP contribution in [0.2, 0.25) is 0 Å². The minimum atomic E-state index is 0.414. The van der Waals surface area contributed by atoms with E-state index in [1.807, 2.05) is 11.3 Å². The predicted octanol–water partition coefficient (Wildman–Crippen LogP) is 4.34. The summed E-state index contributed by atoms with van der Waals surface area (Å²) in [6, 6.07) is 6.88. The van der Waals surface area contributed by atoms with Crippen LogP contribution in [0, 0.1) is 6.92 Å². The Morgan fingerprint density at radius 3 is 2.90 bits per heavy atom. The molecular formula is C17H26N2OS. The van der Waals surface area contributed by atoms with Crippen molar-refractivity contribution in [2.45, 2.75) is 46.3 Å². The third-order valence-electron chi connectivity index (χ3n) is 3.81. The first-order valence-corrected chi connectivity index (χ1v) is 8.52. The van der Waals surface area contributed by atoms with Gasteiger partial charge in [-0.15, -0.1) is 11.3 Å². The lowest BCUT2D eigenvalue weighted by Crippen LogP contribution is -2.20. The Hall–Kier alpha value is -1.10. The van der Waals surface area contributed by atoms with E-state index >= 15 is 0 Å². The Morgan fingerprint density at radius 1 is 1.43 bits per heavy atom. The number of nitrogens with one attached hydrogen (secondary N) is 1. The highest BCUT2D eigenvalue weighted by Gasteiger charge is 2.15. The number of aryl methyl sites for hydroxylation is 1. The quantitative estimate of drug-likeness (QED) is 0.735. The summed E-state index contributed by atoms with van der Waals surface area (Å²) in [4.78, 5) is 3.72. The van der Waals surface area contributed by atoms with E-state index in [4.69, 9.17) is 4.42 Å². The van der Waals surface area contributed by atoms with Gasteiger partial charge in [0.05, 0.1) is 13.1 Å². The van der Waals surface area contributed by atoms with Gasteiger partial charge in [-0.2, -0.15) is 0 Å². The molecule has 0 aliphatic rings. The number of hydrogen-bond donors (Lipinski definition) is 1. The molecule has 2 aromatic rings. The van der Waals surface area contributed by atoms with Crippen molar-refractivity contribution in [2.24, 2.45) is 0 Å². The predicted molar refractivity (Wildman–Crippen MR) is 89.6 cm³/mol. The molecule has 0 saturated carbocycles. The van der Waals surface area contributed by atoms with Gasteiger partial charge >= 0.3 is 0 Å². The van der Waals surface area contributed by atoms with Crippen molar-refractivity contribution in [3.05, 3.63) is 45.5 Å². The molecule has 0 aliphatic heterocycles. The molecule has 0 saturated heterocycles. The highest BCUT2D eigenvalue weighted by atomic mass is 32.1. The van der Waals surface area contributed by atoms with Gasteiger partial charge in [-0.05, 0) is 56.9 Å². The van der Waals surface area contributed by atoms with Gasteiger partial charge in [0.15, 0.2) is 0 Å². The molecule has 1 unspecified atom stereocenters. The molecule has 21 heavy (non-hydrogen) atoms. The first-order valence-electron chi connectivity index (χ1n) is 7.64. The van der Waals surface area contributed by atoms with Crippen LogP contribution in [-0.4, -0.2) is 18.5 Å². The van der Waals surface area contributed by atoms with Crippen LogP contribution in [0.15, 0.2) is 28.0 Å². The van der Waals surface area contributed by atoms with Crippen molar-refractivity contribution in [3.8, 4) is 0 Å². The van der Waals surface area contributed by atoms with E-state index in [0.717, 1.165) is 37.6 Å². The maximum Gasteiger partial charge on any atom is 0.120 e. The Balaban J connectivity index is 1.94. The van der Waals surface area contributed by atoms with Gasteiger partial charge in [0.2, 0.25) is 0 Å². The molecule has 3 nitrogen and oxygen atoms in total. The zero-order chi connectivity index (χ0) is 15.2. The molecule has 0 aromatic carbocycles. The van der Waals surface area contributed by atoms with Gasteiger partial charge in [0.25, 0.3) is 0 Å². The Bertz CT molecular complexity index is 533. The number of hydrogen-bond acceptors (Lipinski definition) is 4. The van der Waals surface area contributed by atoms with E-state index in [1.165, 1.54) is 10.4 Å². The fourth-order valence-electron chi connectivity index (χ4n) is 2.35. The van der Waals surface area contributed by atoms with E-state index in [-0.39, 0.29) is 0 Å². The lowest BCUT2D eigenvalue weighted by atomic mass is 10.2. The van der Waals surface area contributed by atoms with E-state index in [1.54, 1.807) is 0 Å². The summed E-state index contributed by atoms with van der Waals surface area (Å²) < 4.78 is 6.00. The summed E-state index contributed by atoms with van der Waals surface area (Å²) >= 11 is 1.81. The first-order chi connectivity index (χ1) is 10.1. The maximum atomic E-state index is 6.00. The third-order valence-corrected chi connectivity index (χ3v) is 4.85. The fourth-order valence-corrected chi connectivity index (χ4v) is 3.20. The smallest absolute Gasteiger partial charge is 0.120 e. The Kier molecular flexibility index (Phi) is 6.03.